The summed E-state index contributed by atoms with van der Waals surface area (Å²) in [6.07, 6.45) is 5.88. The Labute approximate surface area is 118 Å². The molecule has 0 radical (unpaired) electrons. The predicted octanol–water partition coefficient (Wildman–Crippen LogP) is 1.70. The second-order valence-electron chi connectivity index (χ2n) is 5.18. The van der Waals surface area contributed by atoms with Gasteiger partial charge in [-0.1, -0.05) is 6.92 Å². The van der Waals surface area contributed by atoms with Crippen molar-refractivity contribution in [2.75, 3.05) is 31.6 Å². The third-order valence-electron chi connectivity index (χ3n) is 3.80. The van der Waals surface area contributed by atoms with Crippen LogP contribution < -0.4 is 4.90 Å². The second-order valence-corrected chi connectivity index (χ2v) is 5.18. The quantitative estimate of drug-likeness (QED) is 0.603. The molecule has 1 fully saturated rings. The number of rotatable bonds is 5. The fourth-order valence-electron chi connectivity index (χ4n) is 2.60. The van der Waals surface area contributed by atoms with Gasteiger partial charge in [-0.3, -0.25) is 10.1 Å². The van der Waals surface area contributed by atoms with Gasteiger partial charge in [0.25, 0.3) is 0 Å². The lowest BCUT2D eigenvalue weighted by Crippen LogP contribution is -2.44. The maximum Gasteiger partial charge on any atom is 0.305 e. The zero-order valence-corrected chi connectivity index (χ0v) is 12.0. The molecule has 1 aromatic heterocycles. The molecule has 0 aromatic carbocycles. The summed E-state index contributed by atoms with van der Waals surface area (Å²) in [4.78, 5) is 22.8. The molecule has 2 rings (SSSR count). The molecule has 1 aliphatic rings. The second kappa shape index (κ2) is 6.60. The molecule has 0 amide bonds. The van der Waals surface area contributed by atoms with Crippen LogP contribution in [0.15, 0.2) is 12.4 Å². The van der Waals surface area contributed by atoms with Crippen LogP contribution in [0.1, 0.15) is 26.2 Å². The molecular weight excluding hydrogens is 258 g/mol. The van der Waals surface area contributed by atoms with Gasteiger partial charge in [-0.2, -0.15) is 0 Å². The molecule has 110 valence electrons. The van der Waals surface area contributed by atoms with E-state index in [1.807, 2.05) is 11.9 Å². The first-order valence-corrected chi connectivity index (χ1v) is 7.03. The van der Waals surface area contributed by atoms with Crippen LogP contribution in [-0.2, 0) is 0 Å². The van der Waals surface area contributed by atoms with Crippen molar-refractivity contribution in [3.8, 4) is 0 Å². The zero-order chi connectivity index (χ0) is 14.5. The van der Waals surface area contributed by atoms with Gasteiger partial charge in [0.1, 0.15) is 12.4 Å². The number of anilines is 1. The molecule has 7 nitrogen and oxygen atoms in total. The lowest BCUT2D eigenvalue weighted by molar-refractivity contribution is -0.385. The minimum atomic E-state index is -0.479. The van der Waals surface area contributed by atoms with Crippen LogP contribution in [0.25, 0.3) is 0 Å². The van der Waals surface area contributed by atoms with E-state index in [0.717, 1.165) is 32.5 Å². The maximum atomic E-state index is 10.6. The van der Waals surface area contributed by atoms with Gasteiger partial charge >= 0.3 is 5.69 Å². The summed E-state index contributed by atoms with van der Waals surface area (Å²) in [7, 11) is 1.96. The number of nitrogens with zero attached hydrogens (tertiary/aromatic N) is 5. The smallest absolute Gasteiger partial charge is 0.305 e. The Morgan fingerprint density at radius 2 is 2.00 bits per heavy atom. The minimum absolute atomic E-state index is 0.0695. The van der Waals surface area contributed by atoms with Gasteiger partial charge in [0.15, 0.2) is 0 Å². The maximum absolute atomic E-state index is 10.6. The summed E-state index contributed by atoms with van der Waals surface area (Å²) in [5.41, 5.74) is -0.0695. The van der Waals surface area contributed by atoms with Gasteiger partial charge in [0.2, 0.25) is 5.95 Å². The topological polar surface area (TPSA) is 75.4 Å². The van der Waals surface area contributed by atoms with Crippen LogP contribution in [0.5, 0.6) is 0 Å². The molecule has 0 saturated carbocycles. The number of piperidine rings is 1. The number of likely N-dealkylation sites (tertiary alicyclic amines) is 1. The summed E-state index contributed by atoms with van der Waals surface area (Å²) < 4.78 is 0. The monoisotopic (exact) mass is 279 g/mol. The van der Waals surface area contributed by atoms with Crippen LogP contribution in [0, 0.1) is 10.1 Å². The first kappa shape index (κ1) is 14.6. The third kappa shape index (κ3) is 3.41. The first-order valence-electron chi connectivity index (χ1n) is 7.03. The molecule has 7 heteroatoms. The van der Waals surface area contributed by atoms with Crippen molar-refractivity contribution in [1.82, 2.24) is 14.9 Å². The lowest BCUT2D eigenvalue weighted by Gasteiger charge is -2.36. The SMILES string of the molecule is CCCN1CCC(N(C)c2ncc([N+](=O)[O-])cn2)CC1. The van der Waals surface area contributed by atoms with Gasteiger partial charge in [-0.05, 0) is 25.8 Å². The van der Waals surface area contributed by atoms with E-state index in [1.54, 1.807) is 0 Å². The molecule has 1 aromatic rings. The van der Waals surface area contributed by atoms with Gasteiger partial charge in [0.05, 0.1) is 4.92 Å². The van der Waals surface area contributed by atoms with E-state index in [2.05, 4.69) is 21.8 Å². The number of aromatic nitrogens is 2. The van der Waals surface area contributed by atoms with Gasteiger partial charge in [0, 0.05) is 26.2 Å². The van der Waals surface area contributed by atoms with Crippen LogP contribution in [0.2, 0.25) is 0 Å². The summed E-state index contributed by atoms with van der Waals surface area (Å²) >= 11 is 0. The van der Waals surface area contributed by atoms with Crippen LogP contribution in [0.3, 0.4) is 0 Å². The minimum Gasteiger partial charge on any atom is -0.341 e. The Kier molecular flexibility index (Phi) is 4.84. The predicted molar refractivity (Wildman–Crippen MR) is 76.8 cm³/mol. The molecule has 0 N–H and O–H groups in total. The van der Waals surface area contributed by atoms with E-state index in [0.29, 0.717) is 12.0 Å². The molecule has 20 heavy (non-hydrogen) atoms. The molecular formula is C13H21N5O2. The van der Waals surface area contributed by atoms with Crippen LogP contribution in [-0.4, -0.2) is 52.5 Å². The molecule has 1 saturated heterocycles. The summed E-state index contributed by atoms with van der Waals surface area (Å²) in [6, 6.07) is 0.407. The Bertz CT molecular complexity index is 443. The Morgan fingerprint density at radius 1 is 1.40 bits per heavy atom. The highest BCUT2D eigenvalue weighted by atomic mass is 16.6. The Balaban J connectivity index is 1.94. The van der Waals surface area contributed by atoms with Crippen molar-refractivity contribution >= 4 is 11.6 Å². The highest BCUT2D eigenvalue weighted by molar-refractivity contribution is 5.34. The largest absolute Gasteiger partial charge is 0.341 e. The first-order chi connectivity index (χ1) is 9.61. The van der Waals surface area contributed by atoms with Crippen molar-refractivity contribution in [3.05, 3.63) is 22.5 Å². The molecule has 1 aliphatic heterocycles. The standard InChI is InChI=1S/C13H21N5O2/c1-3-6-17-7-4-11(5-8-17)16(2)13-14-9-12(10-15-13)18(19)20/h9-11H,3-8H2,1-2H3. The summed E-state index contributed by atoms with van der Waals surface area (Å²) in [6.45, 7) is 5.54. The molecule has 0 unspecified atom stereocenters. The average molecular weight is 279 g/mol. The summed E-state index contributed by atoms with van der Waals surface area (Å²) in [5.74, 6) is 0.560. The van der Waals surface area contributed by atoms with E-state index >= 15 is 0 Å². The normalized spacial score (nSPS) is 17.1. The Hall–Kier alpha value is -1.76. The zero-order valence-electron chi connectivity index (χ0n) is 12.0. The highest BCUT2D eigenvalue weighted by Gasteiger charge is 2.23. The van der Waals surface area contributed by atoms with E-state index in [9.17, 15) is 10.1 Å². The molecule has 0 atom stereocenters. The average Bonchev–Trinajstić information content (AvgIpc) is 2.48. The van der Waals surface area contributed by atoms with Crippen molar-refractivity contribution in [1.29, 1.82) is 0 Å². The fraction of sp³-hybridized carbons (Fsp3) is 0.692. The van der Waals surface area contributed by atoms with Crippen LogP contribution in [0.4, 0.5) is 11.6 Å². The number of hydrogen-bond acceptors (Lipinski definition) is 6. The van der Waals surface area contributed by atoms with E-state index in [-0.39, 0.29) is 5.69 Å². The van der Waals surface area contributed by atoms with E-state index < -0.39 is 4.92 Å². The van der Waals surface area contributed by atoms with Gasteiger partial charge in [-0.25, -0.2) is 9.97 Å². The number of nitro groups is 1. The Morgan fingerprint density at radius 3 is 2.50 bits per heavy atom. The van der Waals surface area contributed by atoms with Gasteiger partial charge in [-0.15, -0.1) is 0 Å². The molecule has 0 aliphatic carbocycles. The lowest BCUT2D eigenvalue weighted by atomic mass is 10.0. The summed E-state index contributed by atoms with van der Waals surface area (Å²) in [5, 5.41) is 10.6. The van der Waals surface area contributed by atoms with Gasteiger partial charge < -0.3 is 9.80 Å². The molecule has 0 bridgehead atoms. The van der Waals surface area contributed by atoms with E-state index in [4.69, 9.17) is 0 Å². The van der Waals surface area contributed by atoms with E-state index in [1.165, 1.54) is 18.8 Å². The molecule has 2 heterocycles. The van der Waals surface area contributed by atoms with Crippen molar-refractivity contribution < 1.29 is 4.92 Å². The van der Waals surface area contributed by atoms with Crippen molar-refractivity contribution in [2.24, 2.45) is 0 Å². The van der Waals surface area contributed by atoms with Crippen molar-refractivity contribution in [3.63, 3.8) is 0 Å². The number of hydrogen-bond donors (Lipinski definition) is 0. The molecule has 0 spiro atoms. The fourth-order valence-corrected chi connectivity index (χ4v) is 2.60. The van der Waals surface area contributed by atoms with Crippen LogP contribution >= 0.6 is 0 Å². The highest BCUT2D eigenvalue weighted by Crippen LogP contribution is 2.20. The third-order valence-corrected chi connectivity index (χ3v) is 3.80. The van der Waals surface area contributed by atoms with Crippen molar-refractivity contribution in [2.45, 2.75) is 32.2 Å².